The van der Waals surface area contributed by atoms with Gasteiger partial charge in [-0.1, -0.05) is 0 Å². The van der Waals surface area contributed by atoms with Gasteiger partial charge in [0.25, 0.3) is 0 Å². The van der Waals surface area contributed by atoms with Crippen molar-refractivity contribution >= 4 is 16.9 Å². The summed E-state index contributed by atoms with van der Waals surface area (Å²) < 4.78 is 20.1. The first-order chi connectivity index (χ1) is 9.58. The van der Waals surface area contributed by atoms with E-state index >= 15 is 0 Å². The molecular formula is C14H14O6. The highest BCUT2D eigenvalue weighted by atomic mass is 16.5. The molecule has 0 saturated heterocycles. The molecule has 2 aromatic rings. The summed E-state index contributed by atoms with van der Waals surface area (Å²) in [6, 6.07) is 4.48. The molecule has 20 heavy (non-hydrogen) atoms. The minimum atomic E-state index is -0.538. The highest BCUT2D eigenvalue weighted by molar-refractivity contribution is 5.87. The Kier molecular flexibility index (Phi) is 3.93. The van der Waals surface area contributed by atoms with Crippen molar-refractivity contribution in [1.29, 1.82) is 0 Å². The van der Waals surface area contributed by atoms with Gasteiger partial charge in [-0.2, -0.15) is 0 Å². The van der Waals surface area contributed by atoms with Crippen LogP contribution in [0.4, 0.5) is 0 Å². The number of carbonyl (C=O) groups is 1. The molecule has 106 valence electrons. The molecule has 0 unspecified atom stereocenters. The average Bonchev–Trinajstić information content (AvgIpc) is 2.45. The Balaban J connectivity index is 2.68. The Labute approximate surface area is 114 Å². The molecule has 0 spiro atoms. The third-order valence-electron chi connectivity index (χ3n) is 2.90. The fourth-order valence-electron chi connectivity index (χ4n) is 1.93. The molecule has 0 bridgehead atoms. The van der Waals surface area contributed by atoms with Crippen molar-refractivity contribution in [2.45, 2.75) is 6.42 Å². The largest absolute Gasteiger partial charge is 0.493 e. The number of benzene rings is 1. The van der Waals surface area contributed by atoms with E-state index in [1.807, 2.05) is 0 Å². The van der Waals surface area contributed by atoms with E-state index < -0.39 is 11.6 Å². The Morgan fingerprint density at radius 3 is 2.35 bits per heavy atom. The van der Waals surface area contributed by atoms with Crippen molar-refractivity contribution in [3.8, 4) is 11.5 Å². The van der Waals surface area contributed by atoms with Crippen LogP contribution in [0.2, 0.25) is 0 Å². The topological polar surface area (TPSA) is 75.0 Å². The van der Waals surface area contributed by atoms with E-state index in [-0.39, 0.29) is 6.42 Å². The Hall–Kier alpha value is -2.50. The predicted octanol–water partition coefficient (Wildman–Crippen LogP) is 1.53. The molecule has 0 saturated carbocycles. The molecule has 0 aliphatic carbocycles. The van der Waals surface area contributed by atoms with Crippen LogP contribution in [0.5, 0.6) is 11.5 Å². The van der Waals surface area contributed by atoms with Crippen LogP contribution in [0.1, 0.15) is 5.56 Å². The van der Waals surface area contributed by atoms with E-state index in [9.17, 15) is 9.59 Å². The fourth-order valence-corrected chi connectivity index (χ4v) is 1.93. The minimum Gasteiger partial charge on any atom is -0.493 e. The Bertz CT molecular complexity index is 701. The van der Waals surface area contributed by atoms with Gasteiger partial charge in [-0.05, 0) is 11.6 Å². The summed E-state index contributed by atoms with van der Waals surface area (Å²) in [7, 11) is 4.28. The number of esters is 1. The van der Waals surface area contributed by atoms with Crippen LogP contribution in [0, 0.1) is 0 Å². The second-order valence-corrected chi connectivity index (χ2v) is 4.05. The molecule has 6 heteroatoms. The molecular weight excluding hydrogens is 264 g/mol. The lowest BCUT2D eigenvalue weighted by molar-refractivity contribution is -0.139. The molecule has 0 aliphatic rings. The van der Waals surface area contributed by atoms with E-state index in [0.717, 1.165) is 0 Å². The molecule has 1 aromatic carbocycles. The van der Waals surface area contributed by atoms with Gasteiger partial charge in [0.05, 0.1) is 27.8 Å². The second kappa shape index (κ2) is 5.64. The maximum atomic E-state index is 11.5. The quantitative estimate of drug-likeness (QED) is 0.623. The van der Waals surface area contributed by atoms with Crippen molar-refractivity contribution in [2.24, 2.45) is 0 Å². The van der Waals surface area contributed by atoms with Gasteiger partial charge in [0.15, 0.2) is 11.5 Å². The molecule has 0 N–H and O–H groups in total. The van der Waals surface area contributed by atoms with Gasteiger partial charge in [-0.25, -0.2) is 4.79 Å². The van der Waals surface area contributed by atoms with Gasteiger partial charge in [0, 0.05) is 17.5 Å². The second-order valence-electron chi connectivity index (χ2n) is 4.05. The van der Waals surface area contributed by atoms with E-state index in [4.69, 9.17) is 13.9 Å². The molecule has 0 atom stereocenters. The molecule has 6 nitrogen and oxygen atoms in total. The summed E-state index contributed by atoms with van der Waals surface area (Å²) in [5, 5.41) is 0.604. The van der Waals surface area contributed by atoms with Crippen molar-refractivity contribution < 1.29 is 23.4 Å². The van der Waals surface area contributed by atoms with Gasteiger partial charge < -0.3 is 18.6 Å². The highest BCUT2D eigenvalue weighted by Gasteiger charge is 2.14. The molecule has 0 aliphatic heterocycles. The van der Waals surface area contributed by atoms with Crippen LogP contribution in [0.3, 0.4) is 0 Å². The maximum Gasteiger partial charge on any atom is 0.336 e. The third-order valence-corrected chi connectivity index (χ3v) is 2.90. The van der Waals surface area contributed by atoms with Crippen LogP contribution in [-0.4, -0.2) is 27.3 Å². The van der Waals surface area contributed by atoms with Crippen molar-refractivity contribution in [2.75, 3.05) is 21.3 Å². The van der Waals surface area contributed by atoms with Crippen LogP contribution < -0.4 is 15.1 Å². The van der Waals surface area contributed by atoms with E-state index in [1.165, 1.54) is 27.4 Å². The Morgan fingerprint density at radius 1 is 1.10 bits per heavy atom. The molecule has 1 aromatic heterocycles. The first kappa shape index (κ1) is 13.9. The predicted molar refractivity (Wildman–Crippen MR) is 71.3 cm³/mol. The molecule has 0 fully saturated rings. The average molecular weight is 278 g/mol. The van der Waals surface area contributed by atoms with E-state index in [1.54, 1.807) is 12.1 Å². The van der Waals surface area contributed by atoms with Gasteiger partial charge in [-0.3, -0.25) is 4.79 Å². The lowest BCUT2D eigenvalue weighted by Crippen LogP contribution is -2.08. The van der Waals surface area contributed by atoms with Gasteiger partial charge in [0.1, 0.15) is 5.58 Å². The summed E-state index contributed by atoms with van der Waals surface area (Å²) in [6.07, 6.45) is -0.0198. The van der Waals surface area contributed by atoms with Gasteiger partial charge in [0.2, 0.25) is 0 Å². The molecule has 0 amide bonds. The van der Waals surface area contributed by atoms with Gasteiger partial charge >= 0.3 is 11.6 Å². The standard InChI is InChI=1S/C14H14O6/c1-17-11-6-9-8(4-13(15)19-3)5-14(16)20-10(9)7-12(11)18-2/h5-7H,4H2,1-3H3. The van der Waals surface area contributed by atoms with Crippen LogP contribution in [-0.2, 0) is 16.0 Å². The first-order valence-electron chi connectivity index (χ1n) is 5.84. The number of rotatable bonds is 4. The minimum absolute atomic E-state index is 0.0198. The zero-order chi connectivity index (χ0) is 14.7. The summed E-state index contributed by atoms with van der Waals surface area (Å²) >= 11 is 0. The summed E-state index contributed by atoms with van der Waals surface area (Å²) in [5.74, 6) is 0.491. The summed E-state index contributed by atoms with van der Waals surface area (Å²) in [4.78, 5) is 22.9. The van der Waals surface area contributed by atoms with Crippen LogP contribution in [0.25, 0.3) is 11.0 Å². The highest BCUT2D eigenvalue weighted by Crippen LogP contribution is 2.33. The third kappa shape index (κ3) is 2.59. The number of fused-ring (bicyclic) bond motifs is 1. The lowest BCUT2D eigenvalue weighted by atomic mass is 10.1. The summed E-state index contributed by atoms with van der Waals surface area (Å²) in [6.45, 7) is 0. The summed E-state index contributed by atoms with van der Waals surface area (Å²) in [5.41, 5.74) is 0.307. The zero-order valence-electron chi connectivity index (χ0n) is 11.4. The number of carbonyl (C=O) groups excluding carboxylic acids is 1. The monoisotopic (exact) mass is 278 g/mol. The molecule has 0 radical (unpaired) electrons. The molecule has 2 rings (SSSR count). The number of hydrogen-bond donors (Lipinski definition) is 0. The number of hydrogen-bond acceptors (Lipinski definition) is 6. The van der Waals surface area contributed by atoms with Crippen LogP contribution in [0.15, 0.2) is 27.4 Å². The SMILES string of the molecule is COC(=O)Cc1cc(=O)oc2cc(OC)c(OC)cc12. The number of ether oxygens (including phenoxy) is 3. The lowest BCUT2D eigenvalue weighted by Gasteiger charge is -2.10. The smallest absolute Gasteiger partial charge is 0.336 e. The fraction of sp³-hybridized carbons (Fsp3) is 0.286. The van der Waals surface area contributed by atoms with E-state index in [0.29, 0.717) is 28.0 Å². The Morgan fingerprint density at radius 2 is 1.75 bits per heavy atom. The van der Waals surface area contributed by atoms with Crippen molar-refractivity contribution in [1.82, 2.24) is 0 Å². The normalized spacial score (nSPS) is 10.3. The first-order valence-corrected chi connectivity index (χ1v) is 5.84. The number of methoxy groups -OCH3 is 3. The van der Waals surface area contributed by atoms with E-state index in [2.05, 4.69) is 4.74 Å². The van der Waals surface area contributed by atoms with Gasteiger partial charge in [-0.15, -0.1) is 0 Å². The van der Waals surface area contributed by atoms with Crippen molar-refractivity contribution in [3.63, 3.8) is 0 Å². The zero-order valence-corrected chi connectivity index (χ0v) is 11.4. The van der Waals surface area contributed by atoms with Crippen LogP contribution >= 0.6 is 0 Å². The molecule has 1 heterocycles. The maximum absolute atomic E-state index is 11.5. The van der Waals surface area contributed by atoms with Crippen molar-refractivity contribution in [3.05, 3.63) is 34.2 Å².